The van der Waals surface area contributed by atoms with E-state index in [4.69, 9.17) is 0 Å². The Hall–Kier alpha value is -2.21. The van der Waals surface area contributed by atoms with Gasteiger partial charge < -0.3 is 10.6 Å². The molecule has 3 rings (SSSR count). The Bertz CT molecular complexity index is 617. The van der Waals surface area contributed by atoms with Crippen molar-refractivity contribution in [3.05, 3.63) is 36.9 Å². The van der Waals surface area contributed by atoms with E-state index in [0.717, 1.165) is 37.3 Å². The number of anilines is 1. The molecule has 21 heavy (non-hydrogen) atoms. The molecule has 0 aliphatic carbocycles. The molecule has 1 amide bonds. The van der Waals surface area contributed by atoms with Crippen molar-refractivity contribution in [1.29, 1.82) is 0 Å². The fraction of sp³-hybridized carbons (Fsp3) is 0.400. The number of nitrogens with one attached hydrogen (secondary N) is 2. The molecule has 1 saturated heterocycles. The Morgan fingerprint density at radius 1 is 1.29 bits per heavy atom. The third kappa shape index (κ3) is 2.95. The summed E-state index contributed by atoms with van der Waals surface area (Å²) in [4.78, 5) is 12.5. The minimum Gasteiger partial charge on any atom is -0.326 e. The maximum Gasteiger partial charge on any atom is 0.230 e. The molecule has 6 nitrogen and oxygen atoms in total. The maximum atomic E-state index is 12.5. The summed E-state index contributed by atoms with van der Waals surface area (Å²) in [7, 11) is 0. The van der Waals surface area contributed by atoms with Crippen LogP contribution in [0, 0.1) is 5.41 Å². The van der Waals surface area contributed by atoms with Gasteiger partial charge in [0.15, 0.2) is 0 Å². The molecule has 1 aromatic heterocycles. The van der Waals surface area contributed by atoms with E-state index in [1.54, 1.807) is 12.7 Å². The molecule has 2 N–H and O–H groups in total. The molecule has 0 bridgehead atoms. The van der Waals surface area contributed by atoms with E-state index in [1.165, 1.54) is 0 Å². The number of carbonyl (C=O) groups excluding carboxylic acids is 1. The number of benzene rings is 1. The zero-order chi connectivity index (χ0) is 14.7. The van der Waals surface area contributed by atoms with Crippen molar-refractivity contribution >= 4 is 11.6 Å². The van der Waals surface area contributed by atoms with Crippen LogP contribution in [0.25, 0.3) is 5.69 Å². The number of amides is 1. The second kappa shape index (κ2) is 5.65. The molecule has 0 radical (unpaired) electrons. The highest BCUT2D eigenvalue weighted by Gasteiger charge is 2.34. The van der Waals surface area contributed by atoms with E-state index in [2.05, 4.69) is 20.8 Å². The second-order valence-corrected chi connectivity index (χ2v) is 5.68. The first kappa shape index (κ1) is 13.8. The predicted octanol–water partition coefficient (Wildman–Crippen LogP) is 1.60. The van der Waals surface area contributed by atoms with Crippen molar-refractivity contribution in [3.63, 3.8) is 0 Å². The van der Waals surface area contributed by atoms with Gasteiger partial charge in [-0.15, -0.1) is 10.2 Å². The number of piperidine rings is 1. The largest absolute Gasteiger partial charge is 0.326 e. The van der Waals surface area contributed by atoms with Crippen molar-refractivity contribution in [1.82, 2.24) is 20.1 Å². The van der Waals surface area contributed by atoms with E-state index in [1.807, 2.05) is 35.8 Å². The highest BCUT2D eigenvalue weighted by molar-refractivity contribution is 5.95. The van der Waals surface area contributed by atoms with Gasteiger partial charge in [-0.05, 0) is 44.1 Å². The normalized spacial score (nSPS) is 17.4. The third-order valence-corrected chi connectivity index (χ3v) is 4.08. The molecule has 0 unspecified atom stereocenters. The Morgan fingerprint density at radius 3 is 2.71 bits per heavy atom. The molecule has 0 spiro atoms. The number of rotatable bonds is 3. The zero-order valence-corrected chi connectivity index (χ0v) is 12.0. The lowest BCUT2D eigenvalue weighted by Crippen LogP contribution is -2.42. The molecule has 1 fully saturated rings. The zero-order valence-electron chi connectivity index (χ0n) is 12.0. The summed E-state index contributed by atoms with van der Waals surface area (Å²) in [5, 5.41) is 13.9. The quantitative estimate of drug-likeness (QED) is 0.898. The average Bonchev–Trinajstić information content (AvgIpc) is 3.02. The van der Waals surface area contributed by atoms with Crippen LogP contribution < -0.4 is 10.6 Å². The van der Waals surface area contributed by atoms with E-state index in [-0.39, 0.29) is 11.3 Å². The van der Waals surface area contributed by atoms with Gasteiger partial charge in [0.25, 0.3) is 0 Å². The molecular formula is C15H19N5O. The van der Waals surface area contributed by atoms with Crippen LogP contribution in [0.1, 0.15) is 19.8 Å². The fourth-order valence-electron chi connectivity index (χ4n) is 2.57. The Labute approximate surface area is 123 Å². The molecule has 0 atom stereocenters. The van der Waals surface area contributed by atoms with Gasteiger partial charge in [0.1, 0.15) is 12.7 Å². The van der Waals surface area contributed by atoms with Gasteiger partial charge in [-0.2, -0.15) is 0 Å². The molecule has 1 aliphatic rings. The van der Waals surface area contributed by atoms with Gasteiger partial charge in [-0.25, -0.2) is 0 Å². The molecule has 110 valence electrons. The Balaban J connectivity index is 1.76. The average molecular weight is 285 g/mol. The number of hydrogen-bond acceptors (Lipinski definition) is 4. The van der Waals surface area contributed by atoms with Crippen molar-refractivity contribution in [2.24, 2.45) is 5.41 Å². The SMILES string of the molecule is CC1(C(=O)Nc2cccc(-n3cnnc3)c2)CCNCC1. The van der Waals surface area contributed by atoms with E-state index in [0.29, 0.717) is 0 Å². The van der Waals surface area contributed by atoms with E-state index < -0.39 is 0 Å². The first-order chi connectivity index (χ1) is 10.2. The van der Waals surface area contributed by atoms with Crippen LogP contribution in [0.5, 0.6) is 0 Å². The van der Waals surface area contributed by atoms with Crippen molar-refractivity contribution < 1.29 is 4.79 Å². The number of hydrogen-bond donors (Lipinski definition) is 2. The summed E-state index contributed by atoms with van der Waals surface area (Å²) in [6, 6.07) is 7.68. The summed E-state index contributed by atoms with van der Waals surface area (Å²) in [6.07, 6.45) is 5.00. The molecule has 2 heterocycles. The third-order valence-electron chi connectivity index (χ3n) is 4.08. The van der Waals surface area contributed by atoms with Crippen LogP contribution in [0.15, 0.2) is 36.9 Å². The maximum absolute atomic E-state index is 12.5. The van der Waals surface area contributed by atoms with Crippen LogP contribution in [0.2, 0.25) is 0 Å². The first-order valence-electron chi connectivity index (χ1n) is 7.15. The minimum absolute atomic E-state index is 0.0879. The van der Waals surface area contributed by atoms with Crippen molar-refractivity contribution in [3.8, 4) is 5.69 Å². The van der Waals surface area contributed by atoms with Crippen molar-refractivity contribution in [2.45, 2.75) is 19.8 Å². The molecule has 0 saturated carbocycles. The van der Waals surface area contributed by atoms with Gasteiger partial charge in [0.05, 0.1) is 5.69 Å². The number of aromatic nitrogens is 3. The Morgan fingerprint density at radius 2 is 2.00 bits per heavy atom. The fourth-order valence-corrected chi connectivity index (χ4v) is 2.57. The standard InChI is InChI=1S/C15H19N5O/c1-15(5-7-16-8-6-15)14(21)19-12-3-2-4-13(9-12)20-10-17-18-11-20/h2-4,9-11,16H,5-8H2,1H3,(H,19,21). The summed E-state index contributed by atoms with van der Waals surface area (Å²) < 4.78 is 1.81. The van der Waals surface area contributed by atoms with Gasteiger partial charge in [0, 0.05) is 11.1 Å². The number of carbonyl (C=O) groups is 1. The molecule has 6 heteroatoms. The topological polar surface area (TPSA) is 71.8 Å². The molecule has 1 aromatic carbocycles. The first-order valence-corrected chi connectivity index (χ1v) is 7.15. The second-order valence-electron chi connectivity index (χ2n) is 5.68. The predicted molar refractivity (Wildman–Crippen MR) is 80.2 cm³/mol. The van der Waals surface area contributed by atoms with Crippen LogP contribution in [0.3, 0.4) is 0 Å². The monoisotopic (exact) mass is 285 g/mol. The smallest absolute Gasteiger partial charge is 0.230 e. The van der Waals surface area contributed by atoms with Crippen molar-refractivity contribution in [2.75, 3.05) is 18.4 Å². The lowest BCUT2D eigenvalue weighted by atomic mass is 9.80. The number of nitrogens with zero attached hydrogens (tertiary/aromatic N) is 3. The molecular weight excluding hydrogens is 266 g/mol. The highest BCUT2D eigenvalue weighted by Crippen LogP contribution is 2.29. The highest BCUT2D eigenvalue weighted by atomic mass is 16.2. The minimum atomic E-state index is -0.294. The summed E-state index contributed by atoms with van der Waals surface area (Å²) >= 11 is 0. The summed E-state index contributed by atoms with van der Waals surface area (Å²) in [5.41, 5.74) is 1.43. The van der Waals surface area contributed by atoms with E-state index >= 15 is 0 Å². The summed E-state index contributed by atoms with van der Waals surface area (Å²) in [6.45, 7) is 3.82. The van der Waals surface area contributed by atoms with Gasteiger partial charge in [0.2, 0.25) is 5.91 Å². The lowest BCUT2D eigenvalue weighted by Gasteiger charge is -2.32. The van der Waals surface area contributed by atoms with E-state index in [9.17, 15) is 4.79 Å². The lowest BCUT2D eigenvalue weighted by molar-refractivity contribution is -0.126. The van der Waals surface area contributed by atoms with Crippen LogP contribution in [0.4, 0.5) is 5.69 Å². The summed E-state index contributed by atoms with van der Waals surface area (Å²) in [5.74, 6) is 0.0879. The molecule has 1 aliphatic heterocycles. The van der Waals surface area contributed by atoms with Crippen LogP contribution in [-0.2, 0) is 4.79 Å². The van der Waals surface area contributed by atoms with Gasteiger partial charge in [-0.3, -0.25) is 9.36 Å². The van der Waals surface area contributed by atoms with Gasteiger partial charge >= 0.3 is 0 Å². The van der Waals surface area contributed by atoms with Gasteiger partial charge in [-0.1, -0.05) is 13.0 Å². The Kier molecular flexibility index (Phi) is 3.70. The van der Waals surface area contributed by atoms with Crippen LogP contribution >= 0.6 is 0 Å². The molecule has 2 aromatic rings. The van der Waals surface area contributed by atoms with Crippen LogP contribution in [-0.4, -0.2) is 33.8 Å².